The Balaban J connectivity index is 1.68. The van der Waals surface area contributed by atoms with Crippen molar-refractivity contribution in [3.63, 3.8) is 0 Å². The van der Waals surface area contributed by atoms with E-state index in [1.807, 2.05) is 24.3 Å². The van der Waals surface area contributed by atoms with Gasteiger partial charge in [0.05, 0.1) is 0 Å². The number of H-pyrrole nitrogens is 1. The number of aromatic amines is 1. The van der Waals surface area contributed by atoms with E-state index in [0.717, 1.165) is 29.4 Å². The van der Waals surface area contributed by atoms with Crippen LogP contribution in [0.15, 0.2) is 24.3 Å². The van der Waals surface area contributed by atoms with Crippen molar-refractivity contribution in [3.05, 3.63) is 30.0 Å². The first-order chi connectivity index (χ1) is 9.74. The molecule has 1 aromatic carbocycles. The minimum Gasteiger partial charge on any atom is -0.426 e. The number of rotatable bonds is 4. The molecule has 1 aromatic heterocycles. The number of hydrogen-bond acceptors (Lipinski definition) is 3. The Morgan fingerprint density at radius 1 is 1.30 bits per heavy atom. The number of aromatic nitrogens is 1. The Morgan fingerprint density at radius 3 is 2.85 bits per heavy atom. The predicted molar refractivity (Wildman–Crippen MR) is 78.4 cm³/mol. The van der Waals surface area contributed by atoms with E-state index in [1.54, 1.807) is 0 Å². The second kappa shape index (κ2) is 5.67. The van der Waals surface area contributed by atoms with Gasteiger partial charge in [-0.2, -0.15) is 0 Å². The molecule has 106 valence electrons. The maximum Gasteiger partial charge on any atom is 0.311 e. The van der Waals surface area contributed by atoms with E-state index in [0.29, 0.717) is 24.6 Å². The Morgan fingerprint density at radius 2 is 2.10 bits per heavy atom. The monoisotopic (exact) mass is 272 g/mol. The summed E-state index contributed by atoms with van der Waals surface area (Å²) in [6, 6.07) is 7.62. The fourth-order valence-electron chi connectivity index (χ4n) is 2.97. The molecule has 4 nitrogen and oxygen atoms in total. The molecule has 0 aliphatic heterocycles. The number of nitrogens with one attached hydrogen (secondary N) is 1. The predicted octanol–water partition coefficient (Wildman–Crippen LogP) is 3.11. The Bertz CT molecular complexity index is 612. The summed E-state index contributed by atoms with van der Waals surface area (Å²) in [6.45, 7) is 0.478. The van der Waals surface area contributed by atoms with Gasteiger partial charge in [-0.25, -0.2) is 0 Å². The first-order valence-electron chi connectivity index (χ1n) is 7.27. The zero-order valence-electron chi connectivity index (χ0n) is 11.5. The molecule has 0 radical (unpaired) electrons. The molecule has 2 aromatic rings. The van der Waals surface area contributed by atoms with Crippen molar-refractivity contribution < 1.29 is 9.53 Å². The van der Waals surface area contributed by atoms with E-state index < -0.39 is 0 Å². The van der Waals surface area contributed by atoms with Crippen LogP contribution in [0.4, 0.5) is 0 Å². The van der Waals surface area contributed by atoms with Crippen molar-refractivity contribution in [2.24, 2.45) is 11.7 Å². The molecular weight excluding hydrogens is 252 g/mol. The zero-order valence-corrected chi connectivity index (χ0v) is 11.5. The first-order valence-corrected chi connectivity index (χ1v) is 7.27. The molecule has 1 heterocycles. The summed E-state index contributed by atoms with van der Waals surface area (Å²) in [5.74, 6) is 1.01. The van der Waals surface area contributed by atoms with Gasteiger partial charge in [-0.3, -0.25) is 4.79 Å². The third-order valence-electron chi connectivity index (χ3n) is 4.03. The minimum atomic E-state index is -0.120. The summed E-state index contributed by atoms with van der Waals surface area (Å²) in [5, 5.41) is 1.02. The number of hydrogen-bond donors (Lipinski definition) is 2. The summed E-state index contributed by atoms with van der Waals surface area (Å²) in [5.41, 5.74) is 7.60. The van der Waals surface area contributed by atoms with Crippen LogP contribution in [0.1, 0.15) is 37.8 Å². The summed E-state index contributed by atoms with van der Waals surface area (Å²) >= 11 is 0. The van der Waals surface area contributed by atoms with E-state index in [1.165, 1.54) is 12.8 Å². The second-order valence-corrected chi connectivity index (χ2v) is 5.58. The number of ether oxygens (including phenoxy) is 1. The zero-order chi connectivity index (χ0) is 13.9. The van der Waals surface area contributed by atoms with Crippen molar-refractivity contribution in [1.29, 1.82) is 0 Å². The van der Waals surface area contributed by atoms with Crippen LogP contribution < -0.4 is 10.5 Å². The van der Waals surface area contributed by atoms with Crippen molar-refractivity contribution >= 4 is 16.9 Å². The third kappa shape index (κ3) is 2.85. The van der Waals surface area contributed by atoms with Gasteiger partial charge in [0.25, 0.3) is 0 Å². The molecule has 1 aliphatic rings. The fourth-order valence-corrected chi connectivity index (χ4v) is 2.97. The molecule has 1 fully saturated rings. The minimum absolute atomic E-state index is 0.120. The van der Waals surface area contributed by atoms with Gasteiger partial charge in [0.2, 0.25) is 0 Å². The van der Waals surface area contributed by atoms with Crippen LogP contribution in [0.2, 0.25) is 0 Å². The summed E-state index contributed by atoms with van der Waals surface area (Å²) in [4.78, 5) is 15.1. The highest BCUT2D eigenvalue weighted by Crippen LogP contribution is 2.28. The molecule has 20 heavy (non-hydrogen) atoms. The van der Waals surface area contributed by atoms with Crippen LogP contribution >= 0.6 is 0 Å². The quantitative estimate of drug-likeness (QED) is 0.663. The molecule has 0 saturated heterocycles. The normalized spacial score (nSPS) is 15.8. The fraction of sp³-hybridized carbons (Fsp3) is 0.438. The van der Waals surface area contributed by atoms with E-state index in [2.05, 4.69) is 4.98 Å². The van der Waals surface area contributed by atoms with Gasteiger partial charge in [-0.05, 0) is 43.0 Å². The van der Waals surface area contributed by atoms with E-state index in [-0.39, 0.29) is 5.97 Å². The Hall–Kier alpha value is -1.81. The van der Waals surface area contributed by atoms with Crippen molar-refractivity contribution in [2.45, 2.75) is 38.6 Å². The molecule has 1 aliphatic carbocycles. The van der Waals surface area contributed by atoms with Gasteiger partial charge in [-0.15, -0.1) is 0 Å². The number of nitrogens with two attached hydrogens (primary N) is 1. The SMILES string of the molecule is NCc1cc2cc(OC(=O)CC3CCCC3)ccc2[nH]1. The van der Waals surface area contributed by atoms with Gasteiger partial charge >= 0.3 is 5.97 Å². The lowest BCUT2D eigenvalue weighted by molar-refractivity contribution is -0.135. The van der Waals surface area contributed by atoms with Gasteiger partial charge in [-0.1, -0.05) is 12.8 Å². The third-order valence-corrected chi connectivity index (χ3v) is 4.03. The van der Waals surface area contributed by atoms with Crippen LogP contribution in [0.3, 0.4) is 0 Å². The van der Waals surface area contributed by atoms with Gasteiger partial charge in [0.1, 0.15) is 5.75 Å². The highest BCUT2D eigenvalue weighted by molar-refractivity contribution is 5.83. The summed E-state index contributed by atoms with van der Waals surface area (Å²) < 4.78 is 5.44. The van der Waals surface area contributed by atoms with Crippen LogP contribution in [-0.4, -0.2) is 11.0 Å². The van der Waals surface area contributed by atoms with Crippen LogP contribution in [0, 0.1) is 5.92 Å². The molecule has 3 N–H and O–H groups in total. The average Bonchev–Trinajstić information content (AvgIpc) is 3.06. The molecule has 0 amide bonds. The van der Waals surface area contributed by atoms with E-state index >= 15 is 0 Å². The Kier molecular flexibility index (Phi) is 3.74. The lowest BCUT2D eigenvalue weighted by atomic mass is 10.0. The average molecular weight is 272 g/mol. The topological polar surface area (TPSA) is 68.1 Å². The lowest BCUT2D eigenvalue weighted by Crippen LogP contribution is -2.12. The van der Waals surface area contributed by atoms with Crippen LogP contribution in [0.25, 0.3) is 10.9 Å². The maximum absolute atomic E-state index is 11.9. The molecule has 1 saturated carbocycles. The molecule has 0 spiro atoms. The molecule has 0 unspecified atom stereocenters. The molecule has 0 bridgehead atoms. The van der Waals surface area contributed by atoms with E-state index in [9.17, 15) is 4.79 Å². The van der Waals surface area contributed by atoms with E-state index in [4.69, 9.17) is 10.5 Å². The largest absolute Gasteiger partial charge is 0.426 e. The first kappa shape index (κ1) is 13.2. The van der Waals surface area contributed by atoms with Crippen molar-refractivity contribution in [3.8, 4) is 5.75 Å². The summed E-state index contributed by atoms with van der Waals surface area (Å²) in [7, 11) is 0. The molecule has 3 rings (SSSR count). The smallest absolute Gasteiger partial charge is 0.311 e. The number of carbonyl (C=O) groups excluding carboxylic acids is 1. The van der Waals surface area contributed by atoms with Crippen LogP contribution in [-0.2, 0) is 11.3 Å². The standard InChI is InChI=1S/C16H20N2O2/c17-10-13-8-12-9-14(5-6-15(12)18-13)20-16(19)7-11-3-1-2-4-11/h5-6,8-9,11,18H,1-4,7,10,17H2. The number of fused-ring (bicyclic) bond motifs is 1. The van der Waals surface area contributed by atoms with Gasteiger partial charge in [0, 0.05) is 29.6 Å². The molecular formula is C16H20N2O2. The number of benzene rings is 1. The second-order valence-electron chi connectivity index (χ2n) is 5.58. The highest BCUT2D eigenvalue weighted by atomic mass is 16.5. The van der Waals surface area contributed by atoms with Crippen molar-refractivity contribution in [1.82, 2.24) is 4.98 Å². The van der Waals surface area contributed by atoms with Crippen molar-refractivity contribution in [2.75, 3.05) is 0 Å². The molecule has 0 atom stereocenters. The lowest BCUT2D eigenvalue weighted by Gasteiger charge is -2.08. The Labute approximate surface area is 118 Å². The van der Waals surface area contributed by atoms with Gasteiger partial charge in [0.15, 0.2) is 0 Å². The molecule has 4 heteroatoms. The number of carbonyl (C=O) groups is 1. The summed E-state index contributed by atoms with van der Waals surface area (Å²) in [6.07, 6.45) is 5.35. The highest BCUT2D eigenvalue weighted by Gasteiger charge is 2.19. The van der Waals surface area contributed by atoms with Gasteiger partial charge < -0.3 is 15.5 Å². The maximum atomic E-state index is 11.9. The van der Waals surface area contributed by atoms with Crippen LogP contribution in [0.5, 0.6) is 5.75 Å². The number of esters is 1.